The van der Waals surface area contributed by atoms with Crippen molar-refractivity contribution in [1.29, 1.82) is 0 Å². The van der Waals surface area contributed by atoms with Crippen LogP contribution in [0.25, 0.3) is 0 Å². The smallest absolute Gasteiger partial charge is 0.234 e. The maximum atomic E-state index is 12.4. The van der Waals surface area contributed by atoms with E-state index in [4.69, 9.17) is 4.74 Å². The van der Waals surface area contributed by atoms with E-state index < -0.39 is 0 Å². The van der Waals surface area contributed by atoms with E-state index in [2.05, 4.69) is 48.1 Å². The SMILES string of the molecule is C=CCn1c(COc2ccc(C(C)C)cc2)nnc1SCC(=O)Nc1ccc(C)c(C)c1. The van der Waals surface area contributed by atoms with E-state index in [1.807, 2.05) is 48.7 Å². The van der Waals surface area contributed by atoms with Crippen LogP contribution in [0, 0.1) is 13.8 Å². The number of nitrogens with zero attached hydrogens (tertiary/aromatic N) is 3. The van der Waals surface area contributed by atoms with Crippen LogP contribution < -0.4 is 10.1 Å². The maximum absolute atomic E-state index is 12.4. The third-order valence-corrected chi connectivity index (χ3v) is 6.11. The number of nitrogens with one attached hydrogen (secondary N) is 1. The van der Waals surface area contributed by atoms with Crippen LogP contribution in [0.15, 0.2) is 60.3 Å². The second-order valence-corrected chi connectivity index (χ2v) is 8.89. The molecule has 6 nitrogen and oxygen atoms in total. The van der Waals surface area contributed by atoms with Crippen molar-refractivity contribution in [3.63, 3.8) is 0 Å². The Kier molecular flexibility index (Phi) is 8.11. The summed E-state index contributed by atoms with van der Waals surface area (Å²) in [5.74, 6) is 2.10. The molecule has 1 amide bonds. The van der Waals surface area contributed by atoms with Crippen LogP contribution in [0.4, 0.5) is 5.69 Å². The Balaban J connectivity index is 1.60. The van der Waals surface area contributed by atoms with Crippen molar-refractivity contribution >= 4 is 23.4 Å². The summed E-state index contributed by atoms with van der Waals surface area (Å²) in [7, 11) is 0. The van der Waals surface area contributed by atoms with Crippen LogP contribution in [0.3, 0.4) is 0 Å². The summed E-state index contributed by atoms with van der Waals surface area (Å²) in [5, 5.41) is 12.1. The second kappa shape index (κ2) is 11.0. The molecule has 7 heteroatoms. The highest BCUT2D eigenvalue weighted by molar-refractivity contribution is 7.99. The number of aromatic nitrogens is 3. The van der Waals surface area contributed by atoms with Gasteiger partial charge in [-0.05, 0) is 60.7 Å². The van der Waals surface area contributed by atoms with Crippen molar-refractivity contribution in [1.82, 2.24) is 14.8 Å². The third kappa shape index (κ3) is 6.23. The quantitative estimate of drug-likeness (QED) is 0.326. The fourth-order valence-corrected chi connectivity index (χ4v) is 3.85. The molecule has 3 rings (SSSR count). The number of aryl methyl sites for hydroxylation is 2. The van der Waals surface area contributed by atoms with E-state index in [9.17, 15) is 4.79 Å². The number of rotatable bonds is 10. The monoisotopic (exact) mass is 450 g/mol. The Morgan fingerprint density at radius 3 is 2.56 bits per heavy atom. The van der Waals surface area contributed by atoms with Crippen LogP contribution in [0.1, 0.15) is 42.3 Å². The lowest BCUT2D eigenvalue weighted by molar-refractivity contribution is -0.113. The number of ether oxygens (including phenoxy) is 1. The summed E-state index contributed by atoms with van der Waals surface area (Å²) < 4.78 is 7.83. The number of thioether (sulfide) groups is 1. The first kappa shape index (κ1) is 23.6. The van der Waals surface area contributed by atoms with Crippen LogP contribution in [-0.2, 0) is 17.9 Å². The van der Waals surface area contributed by atoms with E-state index in [-0.39, 0.29) is 18.3 Å². The molecule has 3 aromatic rings. The third-order valence-electron chi connectivity index (χ3n) is 5.14. The Labute approximate surface area is 194 Å². The van der Waals surface area contributed by atoms with Crippen molar-refractivity contribution < 1.29 is 9.53 Å². The van der Waals surface area contributed by atoms with Crippen molar-refractivity contribution in [2.75, 3.05) is 11.1 Å². The first-order valence-electron chi connectivity index (χ1n) is 10.6. The zero-order chi connectivity index (χ0) is 23.1. The molecule has 0 aliphatic heterocycles. The zero-order valence-electron chi connectivity index (χ0n) is 19.1. The van der Waals surface area contributed by atoms with Gasteiger partial charge in [0.1, 0.15) is 12.4 Å². The number of amides is 1. The normalized spacial score (nSPS) is 10.9. The van der Waals surface area contributed by atoms with Gasteiger partial charge in [-0.2, -0.15) is 0 Å². The fourth-order valence-electron chi connectivity index (χ4n) is 3.09. The van der Waals surface area contributed by atoms with Crippen molar-refractivity contribution in [2.45, 2.75) is 51.9 Å². The van der Waals surface area contributed by atoms with Crippen LogP contribution in [-0.4, -0.2) is 26.4 Å². The molecule has 0 spiro atoms. The molecule has 1 heterocycles. The molecule has 0 radical (unpaired) electrons. The predicted molar refractivity (Wildman–Crippen MR) is 130 cm³/mol. The van der Waals surface area contributed by atoms with Gasteiger partial charge in [-0.1, -0.05) is 49.9 Å². The average Bonchev–Trinajstić information content (AvgIpc) is 3.15. The maximum Gasteiger partial charge on any atom is 0.234 e. The molecule has 1 aromatic heterocycles. The summed E-state index contributed by atoms with van der Waals surface area (Å²) in [6, 6.07) is 14.0. The van der Waals surface area contributed by atoms with E-state index in [1.165, 1.54) is 22.9 Å². The lowest BCUT2D eigenvalue weighted by Crippen LogP contribution is -2.15. The van der Waals surface area contributed by atoms with E-state index in [0.717, 1.165) is 17.0 Å². The van der Waals surface area contributed by atoms with Crippen molar-refractivity contribution in [3.8, 4) is 5.75 Å². The molecular formula is C25H30N4O2S. The Morgan fingerprint density at radius 2 is 1.91 bits per heavy atom. The minimum Gasteiger partial charge on any atom is -0.486 e. The molecule has 0 aliphatic carbocycles. The fraction of sp³-hybridized carbons (Fsp3) is 0.320. The first-order chi connectivity index (χ1) is 15.4. The van der Waals surface area contributed by atoms with E-state index in [0.29, 0.717) is 23.4 Å². The molecule has 2 aromatic carbocycles. The summed E-state index contributed by atoms with van der Waals surface area (Å²) >= 11 is 1.34. The van der Waals surface area contributed by atoms with Gasteiger partial charge in [0.15, 0.2) is 11.0 Å². The number of benzene rings is 2. The molecule has 0 aliphatic rings. The number of hydrogen-bond acceptors (Lipinski definition) is 5. The second-order valence-electron chi connectivity index (χ2n) is 7.95. The number of allylic oxidation sites excluding steroid dienone is 1. The van der Waals surface area contributed by atoms with Crippen LogP contribution in [0.5, 0.6) is 5.75 Å². The van der Waals surface area contributed by atoms with E-state index in [1.54, 1.807) is 6.08 Å². The van der Waals surface area contributed by atoms with Gasteiger partial charge >= 0.3 is 0 Å². The minimum atomic E-state index is -0.0885. The molecule has 0 fully saturated rings. The number of hydrogen-bond donors (Lipinski definition) is 1. The highest BCUT2D eigenvalue weighted by Crippen LogP contribution is 2.22. The average molecular weight is 451 g/mol. The highest BCUT2D eigenvalue weighted by Gasteiger charge is 2.14. The molecule has 0 atom stereocenters. The van der Waals surface area contributed by atoms with Gasteiger partial charge in [0, 0.05) is 12.2 Å². The standard InChI is InChI=1S/C25H30N4O2S/c1-6-13-29-23(15-31-22-11-8-20(9-12-22)17(2)3)27-28-25(29)32-16-24(30)26-21-10-7-18(4)19(5)14-21/h6-12,14,17H,1,13,15-16H2,2-5H3,(H,26,30). The first-order valence-corrected chi connectivity index (χ1v) is 11.6. The van der Waals surface area contributed by atoms with Gasteiger partial charge in [-0.25, -0.2) is 0 Å². The summed E-state index contributed by atoms with van der Waals surface area (Å²) in [6.07, 6.45) is 1.78. The summed E-state index contributed by atoms with van der Waals surface area (Å²) in [6.45, 7) is 13.1. The molecule has 32 heavy (non-hydrogen) atoms. The highest BCUT2D eigenvalue weighted by atomic mass is 32.2. The Morgan fingerprint density at radius 1 is 1.16 bits per heavy atom. The van der Waals surface area contributed by atoms with Crippen LogP contribution in [0.2, 0.25) is 0 Å². The van der Waals surface area contributed by atoms with Gasteiger partial charge < -0.3 is 10.1 Å². The molecule has 0 saturated heterocycles. The lowest BCUT2D eigenvalue weighted by atomic mass is 10.0. The van der Waals surface area contributed by atoms with Gasteiger partial charge in [0.25, 0.3) is 0 Å². The number of anilines is 1. The topological polar surface area (TPSA) is 69.0 Å². The van der Waals surface area contributed by atoms with Crippen molar-refractivity contribution in [3.05, 3.63) is 77.6 Å². The number of carbonyl (C=O) groups is 1. The summed E-state index contributed by atoms with van der Waals surface area (Å²) in [5.41, 5.74) is 4.40. The van der Waals surface area contributed by atoms with Gasteiger partial charge in [0.05, 0.1) is 5.75 Å². The molecule has 0 bridgehead atoms. The summed E-state index contributed by atoms with van der Waals surface area (Å²) in [4.78, 5) is 12.4. The molecule has 168 valence electrons. The van der Waals surface area contributed by atoms with Gasteiger partial charge in [-0.3, -0.25) is 9.36 Å². The van der Waals surface area contributed by atoms with E-state index >= 15 is 0 Å². The zero-order valence-corrected chi connectivity index (χ0v) is 19.9. The minimum absolute atomic E-state index is 0.0885. The van der Waals surface area contributed by atoms with Gasteiger partial charge in [-0.15, -0.1) is 16.8 Å². The molecule has 1 N–H and O–H groups in total. The van der Waals surface area contributed by atoms with Crippen LogP contribution >= 0.6 is 11.8 Å². The largest absolute Gasteiger partial charge is 0.486 e. The lowest BCUT2D eigenvalue weighted by Gasteiger charge is -2.11. The number of carbonyl (C=O) groups excluding carboxylic acids is 1. The Hall–Kier alpha value is -3.06. The van der Waals surface area contributed by atoms with Crippen molar-refractivity contribution in [2.24, 2.45) is 0 Å². The predicted octanol–water partition coefficient (Wildman–Crippen LogP) is 5.51. The Bertz CT molecular complexity index is 1070. The molecule has 0 saturated carbocycles. The van der Waals surface area contributed by atoms with Gasteiger partial charge in [0.2, 0.25) is 5.91 Å². The molecular weight excluding hydrogens is 420 g/mol. The molecule has 0 unspecified atom stereocenters.